The molecular formula is C15H19N3OS. The smallest absolute Gasteiger partial charge is 0.256 e. The van der Waals surface area contributed by atoms with Crippen molar-refractivity contribution in [2.75, 3.05) is 18.5 Å². The van der Waals surface area contributed by atoms with Crippen LogP contribution in [0.3, 0.4) is 0 Å². The first kappa shape index (κ1) is 14.4. The monoisotopic (exact) mass is 289 g/mol. The zero-order valence-electron chi connectivity index (χ0n) is 11.9. The van der Waals surface area contributed by atoms with Crippen molar-refractivity contribution in [3.63, 3.8) is 0 Å². The van der Waals surface area contributed by atoms with Crippen LogP contribution in [-0.2, 0) is 0 Å². The number of nitrogen functional groups attached to an aromatic ring is 2. The third-order valence-corrected chi connectivity index (χ3v) is 4.55. The Kier molecular flexibility index (Phi) is 3.99. The Labute approximate surface area is 123 Å². The summed E-state index contributed by atoms with van der Waals surface area (Å²) >= 11 is 1.70. The number of anilines is 2. The van der Waals surface area contributed by atoms with E-state index in [0.717, 1.165) is 4.88 Å². The molecule has 1 atom stereocenters. The maximum atomic E-state index is 12.5. The molecule has 0 aliphatic rings. The molecule has 20 heavy (non-hydrogen) atoms. The van der Waals surface area contributed by atoms with Crippen LogP contribution < -0.4 is 11.5 Å². The van der Waals surface area contributed by atoms with Gasteiger partial charge in [-0.15, -0.1) is 11.3 Å². The topological polar surface area (TPSA) is 72.3 Å². The van der Waals surface area contributed by atoms with E-state index >= 15 is 0 Å². The van der Waals surface area contributed by atoms with Gasteiger partial charge in [0.25, 0.3) is 5.91 Å². The lowest BCUT2D eigenvalue weighted by Gasteiger charge is -2.24. The number of rotatable bonds is 3. The van der Waals surface area contributed by atoms with Crippen molar-refractivity contribution in [2.24, 2.45) is 0 Å². The summed E-state index contributed by atoms with van der Waals surface area (Å²) in [5.41, 5.74) is 13.0. The van der Waals surface area contributed by atoms with Crippen LogP contribution in [0.25, 0.3) is 0 Å². The molecule has 0 bridgehead atoms. The zero-order chi connectivity index (χ0) is 14.9. The molecule has 0 aliphatic carbocycles. The van der Waals surface area contributed by atoms with Crippen molar-refractivity contribution >= 4 is 28.6 Å². The van der Waals surface area contributed by atoms with Gasteiger partial charge in [0, 0.05) is 28.2 Å². The highest BCUT2D eigenvalue weighted by molar-refractivity contribution is 7.12. The van der Waals surface area contributed by atoms with E-state index < -0.39 is 0 Å². The van der Waals surface area contributed by atoms with Gasteiger partial charge in [-0.3, -0.25) is 4.79 Å². The first-order chi connectivity index (χ1) is 9.40. The van der Waals surface area contributed by atoms with Gasteiger partial charge in [0.15, 0.2) is 0 Å². The van der Waals surface area contributed by atoms with E-state index in [1.54, 1.807) is 41.5 Å². The highest BCUT2D eigenvalue weighted by Crippen LogP contribution is 2.28. The molecule has 1 aromatic carbocycles. The van der Waals surface area contributed by atoms with Gasteiger partial charge in [0.05, 0.1) is 11.6 Å². The number of carbonyl (C=O) groups excluding carboxylic acids is 1. The van der Waals surface area contributed by atoms with Crippen LogP contribution in [-0.4, -0.2) is 17.9 Å². The van der Waals surface area contributed by atoms with Gasteiger partial charge in [0.2, 0.25) is 0 Å². The second-order valence-corrected chi connectivity index (χ2v) is 6.21. The van der Waals surface area contributed by atoms with Gasteiger partial charge >= 0.3 is 0 Å². The third-order valence-electron chi connectivity index (χ3n) is 3.38. The van der Waals surface area contributed by atoms with Crippen LogP contribution in [0, 0.1) is 6.92 Å². The molecule has 0 spiro atoms. The quantitative estimate of drug-likeness (QED) is 0.853. The number of benzene rings is 1. The maximum absolute atomic E-state index is 12.5. The molecule has 0 saturated heterocycles. The number of hydrogen-bond acceptors (Lipinski definition) is 4. The van der Waals surface area contributed by atoms with Crippen molar-refractivity contribution in [2.45, 2.75) is 19.9 Å². The summed E-state index contributed by atoms with van der Waals surface area (Å²) in [4.78, 5) is 16.6. The van der Waals surface area contributed by atoms with Crippen LogP contribution in [0.2, 0.25) is 0 Å². The van der Waals surface area contributed by atoms with Crippen molar-refractivity contribution < 1.29 is 4.79 Å². The molecule has 2 aromatic rings. The second-order valence-electron chi connectivity index (χ2n) is 4.89. The second kappa shape index (κ2) is 5.54. The summed E-state index contributed by atoms with van der Waals surface area (Å²) in [6.45, 7) is 4.07. The molecule has 1 unspecified atom stereocenters. The average Bonchev–Trinajstić information content (AvgIpc) is 2.83. The Balaban J connectivity index is 2.24. The predicted molar refractivity (Wildman–Crippen MR) is 84.8 cm³/mol. The van der Waals surface area contributed by atoms with Crippen LogP contribution in [0.5, 0.6) is 0 Å². The van der Waals surface area contributed by atoms with Gasteiger partial charge in [0.1, 0.15) is 0 Å². The van der Waals surface area contributed by atoms with Gasteiger partial charge in [-0.05, 0) is 44.2 Å². The molecule has 0 radical (unpaired) electrons. The van der Waals surface area contributed by atoms with E-state index in [-0.39, 0.29) is 11.9 Å². The van der Waals surface area contributed by atoms with E-state index in [0.29, 0.717) is 16.9 Å². The molecular weight excluding hydrogens is 270 g/mol. The predicted octanol–water partition coefficient (Wildman–Crippen LogP) is 3.05. The minimum absolute atomic E-state index is 0.0122. The fourth-order valence-electron chi connectivity index (χ4n) is 2.01. The highest BCUT2D eigenvalue weighted by Gasteiger charge is 2.21. The molecule has 4 nitrogen and oxygen atoms in total. The minimum atomic E-state index is -0.0962. The largest absolute Gasteiger partial charge is 0.399 e. The number of hydrogen-bond donors (Lipinski definition) is 2. The lowest BCUT2D eigenvalue weighted by atomic mass is 10.1. The molecule has 0 aliphatic heterocycles. The Hall–Kier alpha value is -2.01. The van der Waals surface area contributed by atoms with Crippen molar-refractivity contribution in [3.05, 3.63) is 45.6 Å². The van der Waals surface area contributed by atoms with Crippen LogP contribution >= 0.6 is 11.3 Å². The molecule has 5 heteroatoms. The Bertz CT molecular complexity index is 636. The number of nitrogens with zero attached hydrogens (tertiary/aromatic N) is 1. The molecule has 106 valence electrons. The van der Waals surface area contributed by atoms with Gasteiger partial charge in [-0.1, -0.05) is 0 Å². The normalized spacial score (nSPS) is 12.2. The third kappa shape index (κ3) is 2.77. The molecule has 1 heterocycles. The van der Waals surface area contributed by atoms with Gasteiger partial charge < -0.3 is 16.4 Å². The number of nitrogens with two attached hydrogens (primary N) is 2. The van der Waals surface area contributed by atoms with Gasteiger partial charge in [-0.25, -0.2) is 0 Å². The first-order valence-corrected chi connectivity index (χ1v) is 7.20. The summed E-state index contributed by atoms with van der Waals surface area (Å²) in [7, 11) is 1.79. The lowest BCUT2D eigenvalue weighted by Crippen LogP contribution is -2.29. The van der Waals surface area contributed by atoms with Crippen molar-refractivity contribution in [3.8, 4) is 0 Å². The molecule has 2 rings (SSSR count). The van der Waals surface area contributed by atoms with E-state index in [2.05, 4.69) is 19.1 Å². The molecule has 4 N–H and O–H groups in total. The highest BCUT2D eigenvalue weighted by atomic mass is 32.1. The molecule has 0 fully saturated rings. The van der Waals surface area contributed by atoms with Crippen molar-refractivity contribution in [1.82, 2.24) is 4.90 Å². The van der Waals surface area contributed by atoms with Crippen LogP contribution in [0.15, 0.2) is 30.3 Å². The Morgan fingerprint density at radius 3 is 2.50 bits per heavy atom. The molecule has 1 amide bonds. The van der Waals surface area contributed by atoms with E-state index in [1.165, 1.54) is 4.88 Å². The summed E-state index contributed by atoms with van der Waals surface area (Å²) < 4.78 is 0. The minimum Gasteiger partial charge on any atom is -0.399 e. The zero-order valence-corrected chi connectivity index (χ0v) is 12.7. The van der Waals surface area contributed by atoms with E-state index in [4.69, 9.17) is 11.5 Å². The maximum Gasteiger partial charge on any atom is 0.256 e. The average molecular weight is 289 g/mol. The SMILES string of the molecule is Cc1ccc(C(C)N(C)C(=O)c2ccc(N)cc2N)s1. The number of thiophene rings is 1. The Morgan fingerprint density at radius 1 is 1.25 bits per heavy atom. The molecule has 1 aromatic heterocycles. The lowest BCUT2D eigenvalue weighted by molar-refractivity contribution is 0.0746. The van der Waals surface area contributed by atoms with Crippen LogP contribution in [0.1, 0.15) is 33.1 Å². The van der Waals surface area contributed by atoms with Crippen molar-refractivity contribution in [1.29, 1.82) is 0 Å². The summed E-state index contributed by atoms with van der Waals surface area (Å²) in [5, 5.41) is 0. The number of amides is 1. The summed E-state index contributed by atoms with van der Waals surface area (Å²) in [5.74, 6) is -0.0962. The van der Waals surface area contributed by atoms with E-state index in [9.17, 15) is 4.79 Å². The van der Waals surface area contributed by atoms with Gasteiger partial charge in [-0.2, -0.15) is 0 Å². The van der Waals surface area contributed by atoms with E-state index in [1.807, 2.05) is 6.92 Å². The number of aryl methyl sites for hydroxylation is 1. The summed E-state index contributed by atoms with van der Waals surface area (Å²) in [6, 6.07) is 9.11. The fourth-order valence-corrected chi connectivity index (χ4v) is 2.98. The fraction of sp³-hybridized carbons (Fsp3) is 0.267. The van der Waals surface area contributed by atoms with Crippen LogP contribution in [0.4, 0.5) is 11.4 Å². The summed E-state index contributed by atoms with van der Waals surface area (Å²) in [6.07, 6.45) is 0. The standard InChI is InChI=1S/C15H19N3OS/c1-9-4-7-14(20-9)10(2)18(3)15(19)12-6-5-11(16)8-13(12)17/h4-8,10H,16-17H2,1-3H3. The first-order valence-electron chi connectivity index (χ1n) is 6.38. The molecule has 0 saturated carbocycles. The Morgan fingerprint density at radius 2 is 1.95 bits per heavy atom. The number of carbonyl (C=O) groups is 1.